The second-order valence-electron chi connectivity index (χ2n) is 6.70. The molecule has 0 atom stereocenters. The lowest BCUT2D eigenvalue weighted by Gasteiger charge is -2.26. The zero-order valence-corrected chi connectivity index (χ0v) is 14.9. The Kier molecular flexibility index (Phi) is 4.73. The van der Waals surface area contributed by atoms with E-state index < -0.39 is 0 Å². The van der Waals surface area contributed by atoms with Gasteiger partial charge < -0.3 is 14.8 Å². The number of nitrogens with zero attached hydrogens (tertiary/aromatic N) is 2. The van der Waals surface area contributed by atoms with E-state index >= 15 is 0 Å². The molecule has 0 saturated carbocycles. The van der Waals surface area contributed by atoms with Crippen molar-refractivity contribution < 1.29 is 9.84 Å². The van der Waals surface area contributed by atoms with Crippen molar-refractivity contribution in [3.8, 4) is 5.88 Å². The first-order valence-corrected chi connectivity index (χ1v) is 8.94. The van der Waals surface area contributed by atoms with E-state index in [1.807, 2.05) is 37.3 Å². The molecule has 2 N–H and O–H groups in total. The second kappa shape index (κ2) is 7.32. The normalized spacial score (nSPS) is 15.9. The fraction of sp³-hybridized carbons (Fsp3) is 0.286. The Morgan fingerprint density at radius 3 is 2.69 bits per heavy atom. The zero-order chi connectivity index (χ0) is 17.9. The number of morpholine rings is 1. The highest BCUT2D eigenvalue weighted by atomic mass is 16.5. The molecule has 1 aliphatic rings. The summed E-state index contributed by atoms with van der Waals surface area (Å²) in [5.74, 6) is 0.155. The maximum absolute atomic E-state index is 10.2. The number of aromatic nitrogens is 1. The molecule has 1 aliphatic heterocycles. The third-order valence-electron chi connectivity index (χ3n) is 4.84. The van der Waals surface area contributed by atoms with Gasteiger partial charge in [-0.3, -0.25) is 9.89 Å². The van der Waals surface area contributed by atoms with Gasteiger partial charge in [0, 0.05) is 36.8 Å². The first-order valence-electron chi connectivity index (χ1n) is 8.94. The van der Waals surface area contributed by atoms with Crippen LogP contribution in [-0.4, -0.2) is 47.5 Å². The van der Waals surface area contributed by atoms with E-state index in [4.69, 9.17) is 4.74 Å². The minimum Gasteiger partial charge on any atom is -0.494 e. The number of benzene rings is 2. The SMILES string of the molecule is Cc1cccc2[nH]c(O)c(C=Nc3ccc(CN4CCOCC4)cc3)c12. The molecule has 2 heterocycles. The Morgan fingerprint density at radius 2 is 1.92 bits per heavy atom. The number of nitrogens with one attached hydrogen (secondary N) is 1. The topological polar surface area (TPSA) is 60.8 Å². The third kappa shape index (κ3) is 3.49. The number of hydrogen-bond acceptors (Lipinski definition) is 4. The summed E-state index contributed by atoms with van der Waals surface area (Å²) >= 11 is 0. The van der Waals surface area contributed by atoms with E-state index in [0.29, 0.717) is 0 Å². The van der Waals surface area contributed by atoms with E-state index in [9.17, 15) is 5.11 Å². The van der Waals surface area contributed by atoms with Gasteiger partial charge in [-0.05, 0) is 36.2 Å². The molecule has 134 valence electrons. The van der Waals surface area contributed by atoms with Crippen LogP contribution in [0.5, 0.6) is 5.88 Å². The summed E-state index contributed by atoms with van der Waals surface area (Å²) < 4.78 is 5.39. The lowest BCUT2D eigenvalue weighted by atomic mass is 10.1. The van der Waals surface area contributed by atoms with Crippen molar-refractivity contribution in [1.29, 1.82) is 0 Å². The number of hydrogen-bond donors (Lipinski definition) is 2. The van der Waals surface area contributed by atoms with Crippen LogP contribution in [0.4, 0.5) is 5.69 Å². The zero-order valence-electron chi connectivity index (χ0n) is 14.9. The Labute approximate surface area is 152 Å². The largest absolute Gasteiger partial charge is 0.494 e. The van der Waals surface area contributed by atoms with Crippen LogP contribution in [0.25, 0.3) is 10.9 Å². The molecule has 2 aromatic carbocycles. The predicted octanol–water partition coefficient (Wildman–Crippen LogP) is 3.76. The van der Waals surface area contributed by atoms with Crippen molar-refractivity contribution in [3.05, 3.63) is 59.2 Å². The lowest BCUT2D eigenvalue weighted by molar-refractivity contribution is 0.0342. The summed E-state index contributed by atoms with van der Waals surface area (Å²) in [6, 6.07) is 14.2. The molecule has 3 aromatic rings. The number of aliphatic imine (C=N–C) groups is 1. The number of aromatic amines is 1. The molecule has 0 unspecified atom stereocenters. The molecule has 0 amide bonds. The second-order valence-corrected chi connectivity index (χ2v) is 6.70. The van der Waals surface area contributed by atoms with Gasteiger partial charge in [-0.1, -0.05) is 24.3 Å². The first kappa shape index (κ1) is 16.8. The molecule has 5 heteroatoms. The van der Waals surface area contributed by atoms with Gasteiger partial charge in [0.15, 0.2) is 5.88 Å². The van der Waals surface area contributed by atoms with Gasteiger partial charge in [0.1, 0.15) is 0 Å². The van der Waals surface area contributed by atoms with Crippen LogP contribution in [0, 0.1) is 6.92 Å². The highest BCUT2D eigenvalue weighted by molar-refractivity contribution is 6.04. The van der Waals surface area contributed by atoms with E-state index in [-0.39, 0.29) is 5.88 Å². The van der Waals surface area contributed by atoms with Gasteiger partial charge in [0.2, 0.25) is 0 Å². The Balaban J connectivity index is 1.51. The summed E-state index contributed by atoms with van der Waals surface area (Å²) in [6.07, 6.45) is 1.73. The fourth-order valence-corrected chi connectivity index (χ4v) is 3.41. The van der Waals surface area contributed by atoms with Crippen molar-refractivity contribution in [3.63, 3.8) is 0 Å². The van der Waals surface area contributed by atoms with Crippen LogP contribution in [0.2, 0.25) is 0 Å². The molecule has 1 saturated heterocycles. The molecule has 26 heavy (non-hydrogen) atoms. The molecule has 1 fully saturated rings. The van der Waals surface area contributed by atoms with Gasteiger partial charge in [-0.2, -0.15) is 0 Å². The Morgan fingerprint density at radius 1 is 1.15 bits per heavy atom. The molecule has 4 rings (SSSR count). The van der Waals surface area contributed by atoms with E-state index in [0.717, 1.165) is 60.6 Å². The summed E-state index contributed by atoms with van der Waals surface area (Å²) in [5.41, 5.74) is 4.91. The predicted molar refractivity (Wildman–Crippen MR) is 104 cm³/mol. The molecule has 0 radical (unpaired) electrons. The van der Waals surface area contributed by atoms with Gasteiger partial charge in [0.05, 0.1) is 24.5 Å². The third-order valence-corrected chi connectivity index (χ3v) is 4.84. The molecule has 0 spiro atoms. The maximum atomic E-state index is 10.2. The van der Waals surface area contributed by atoms with Crippen LogP contribution < -0.4 is 0 Å². The number of rotatable bonds is 4. The molecular weight excluding hydrogens is 326 g/mol. The van der Waals surface area contributed by atoms with Gasteiger partial charge >= 0.3 is 0 Å². The smallest absolute Gasteiger partial charge is 0.198 e. The van der Waals surface area contributed by atoms with Gasteiger partial charge in [0.25, 0.3) is 0 Å². The van der Waals surface area contributed by atoms with Crippen LogP contribution >= 0.6 is 0 Å². The number of fused-ring (bicyclic) bond motifs is 1. The van der Waals surface area contributed by atoms with Crippen molar-refractivity contribution in [2.75, 3.05) is 26.3 Å². The minimum atomic E-state index is 0.155. The number of H-pyrrole nitrogens is 1. The van der Waals surface area contributed by atoms with Crippen LogP contribution in [-0.2, 0) is 11.3 Å². The average Bonchev–Trinajstić information content (AvgIpc) is 2.98. The maximum Gasteiger partial charge on any atom is 0.198 e. The number of aromatic hydroxyl groups is 1. The molecular formula is C21H23N3O2. The summed E-state index contributed by atoms with van der Waals surface area (Å²) in [7, 11) is 0. The molecule has 0 bridgehead atoms. The quantitative estimate of drug-likeness (QED) is 0.705. The Hall–Kier alpha value is -2.63. The van der Waals surface area contributed by atoms with Gasteiger partial charge in [-0.15, -0.1) is 0 Å². The number of aryl methyl sites for hydroxylation is 1. The van der Waals surface area contributed by atoms with Crippen molar-refractivity contribution in [2.45, 2.75) is 13.5 Å². The van der Waals surface area contributed by atoms with Crippen LogP contribution in [0.1, 0.15) is 16.7 Å². The highest BCUT2D eigenvalue weighted by Gasteiger charge is 2.11. The molecule has 0 aliphatic carbocycles. The standard InChI is InChI=1S/C21H23N3O2/c1-15-3-2-4-19-20(15)18(21(25)23-19)13-22-17-7-5-16(6-8-17)14-24-9-11-26-12-10-24/h2-8,13,23,25H,9-12,14H2,1H3. The van der Waals surface area contributed by atoms with E-state index in [1.54, 1.807) is 6.21 Å². The summed E-state index contributed by atoms with van der Waals surface area (Å²) in [5, 5.41) is 11.2. The van der Waals surface area contributed by atoms with Crippen molar-refractivity contribution in [2.24, 2.45) is 4.99 Å². The summed E-state index contributed by atoms with van der Waals surface area (Å²) in [4.78, 5) is 9.95. The first-order chi connectivity index (χ1) is 12.7. The van der Waals surface area contributed by atoms with Crippen molar-refractivity contribution >= 4 is 22.8 Å². The van der Waals surface area contributed by atoms with E-state index in [2.05, 4.69) is 27.0 Å². The monoisotopic (exact) mass is 349 g/mol. The van der Waals surface area contributed by atoms with Crippen LogP contribution in [0.3, 0.4) is 0 Å². The molecule has 5 nitrogen and oxygen atoms in total. The highest BCUT2D eigenvalue weighted by Crippen LogP contribution is 2.28. The van der Waals surface area contributed by atoms with Crippen molar-refractivity contribution in [1.82, 2.24) is 9.88 Å². The van der Waals surface area contributed by atoms with Gasteiger partial charge in [-0.25, -0.2) is 0 Å². The minimum absolute atomic E-state index is 0.155. The summed E-state index contributed by atoms with van der Waals surface area (Å²) in [6.45, 7) is 6.58. The van der Waals surface area contributed by atoms with E-state index in [1.165, 1.54) is 5.56 Å². The Bertz CT molecular complexity index is 922. The number of ether oxygens (including phenoxy) is 1. The average molecular weight is 349 g/mol. The lowest BCUT2D eigenvalue weighted by Crippen LogP contribution is -2.35. The fourth-order valence-electron chi connectivity index (χ4n) is 3.41. The molecule has 1 aromatic heterocycles. The van der Waals surface area contributed by atoms with Crippen LogP contribution in [0.15, 0.2) is 47.5 Å².